The zero-order valence-electron chi connectivity index (χ0n) is 13.8. The van der Waals surface area contributed by atoms with E-state index in [1.54, 1.807) is 12.1 Å². The summed E-state index contributed by atoms with van der Waals surface area (Å²) >= 11 is 5.86. The molecule has 0 aliphatic carbocycles. The van der Waals surface area contributed by atoms with Crippen molar-refractivity contribution in [3.63, 3.8) is 0 Å². The molecule has 1 aromatic rings. The van der Waals surface area contributed by atoms with Crippen LogP contribution in [0.1, 0.15) is 19.4 Å². The van der Waals surface area contributed by atoms with Gasteiger partial charge < -0.3 is 14.7 Å². The minimum absolute atomic E-state index is 0.0693. The van der Waals surface area contributed by atoms with E-state index in [0.717, 1.165) is 5.56 Å². The first kappa shape index (κ1) is 17.6. The highest BCUT2D eigenvalue weighted by atomic mass is 35.5. The normalized spacial score (nSPS) is 14.7. The highest BCUT2D eigenvalue weighted by Crippen LogP contribution is 2.12. The second-order valence-corrected chi connectivity index (χ2v) is 6.06. The molecule has 3 amide bonds. The second kappa shape index (κ2) is 8.20. The van der Waals surface area contributed by atoms with Gasteiger partial charge in [-0.1, -0.05) is 23.7 Å². The van der Waals surface area contributed by atoms with E-state index in [1.165, 1.54) is 0 Å². The minimum Gasteiger partial charge on any atom is -0.339 e. The average Bonchev–Trinajstić information content (AvgIpc) is 2.58. The highest BCUT2D eigenvalue weighted by Gasteiger charge is 2.26. The van der Waals surface area contributed by atoms with E-state index in [9.17, 15) is 9.59 Å². The van der Waals surface area contributed by atoms with Gasteiger partial charge in [0, 0.05) is 44.3 Å². The zero-order chi connectivity index (χ0) is 16.8. The first-order valence-electron chi connectivity index (χ1n) is 8.11. The lowest BCUT2D eigenvalue weighted by atomic mass is 10.1. The fraction of sp³-hybridized carbons (Fsp3) is 0.529. The molecule has 2 rings (SSSR count). The molecule has 0 saturated carbocycles. The van der Waals surface area contributed by atoms with E-state index in [0.29, 0.717) is 50.7 Å². The van der Waals surface area contributed by atoms with E-state index >= 15 is 0 Å². The van der Waals surface area contributed by atoms with Gasteiger partial charge in [-0.3, -0.25) is 4.79 Å². The average molecular weight is 338 g/mol. The third kappa shape index (κ3) is 4.61. The Balaban J connectivity index is 1.85. The molecule has 1 saturated heterocycles. The molecule has 126 valence electrons. The van der Waals surface area contributed by atoms with Gasteiger partial charge in [-0.25, -0.2) is 4.79 Å². The molecule has 1 fully saturated rings. The van der Waals surface area contributed by atoms with Gasteiger partial charge >= 0.3 is 6.03 Å². The SMILES string of the molecule is CCN(CC)C(=O)N1CCN(C(=O)Cc2ccc(Cl)cc2)CC1. The molecular weight excluding hydrogens is 314 g/mol. The summed E-state index contributed by atoms with van der Waals surface area (Å²) in [5.74, 6) is 0.0993. The van der Waals surface area contributed by atoms with Crippen molar-refractivity contribution in [2.24, 2.45) is 0 Å². The summed E-state index contributed by atoms with van der Waals surface area (Å²) < 4.78 is 0. The first-order chi connectivity index (χ1) is 11.0. The van der Waals surface area contributed by atoms with Crippen LogP contribution in [0.5, 0.6) is 0 Å². The lowest BCUT2D eigenvalue weighted by Gasteiger charge is -2.37. The van der Waals surface area contributed by atoms with Crippen molar-refractivity contribution < 1.29 is 9.59 Å². The largest absolute Gasteiger partial charge is 0.339 e. The smallest absolute Gasteiger partial charge is 0.320 e. The molecule has 0 bridgehead atoms. The van der Waals surface area contributed by atoms with E-state index in [-0.39, 0.29) is 11.9 Å². The van der Waals surface area contributed by atoms with E-state index < -0.39 is 0 Å². The van der Waals surface area contributed by atoms with Gasteiger partial charge in [0.15, 0.2) is 0 Å². The summed E-state index contributed by atoms with van der Waals surface area (Å²) in [5, 5.41) is 0.671. The number of amides is 3. The fourth-order valence-corrected chi connectivity index (χ4v) is 2.86. The number of rotatable bonds is 4. The number of hydrogen-bond donors (Lipinski definition) is 0. The Labute approximate surface area is 142 Å². The molecule has 0 aromatic heterocycles. The van der Waals surface area contributed by atoms with Crippen LogP contribution in [0, 0.1) is 0 Å². The van der Waals surface area contributed by atoms with Crippen LogP contribution >= 0.6 is 11.6 Å². The monoisotopic (exact) mass is 337 g/mol. The van der Waals surface area contributed by atoms with E-state index in [1.807, 2.05) is 40.7 Å². The Morgan fingerprint density at radius 3 is 2.04 bits per heavy atom. The molecule has 0 unspecified atom stereocenters. The van der Waals surface area contributed by atoms with E-state index in [4.69, 9.17) is 11.6 Å². The molecule has 1 aliphatic rings. The molecule has 0 radical (unpaired) electrons. The maximum absolute atomic E-state index is 12.4. The summed E-state index contributed by atoms with van der Waals surface area (Å²) in [6, 6.07) is 7.41. The number of carbonyl (C=O) groups excluding carboxylic acids is 2. The lowest BCUT2D eigenvalue weighted by Crippen LogP contribution is -2.54. The first-order valence-corrected chi connectivity index (χ1v) is 8.49. The molecular formula is C17H24ClN3O2. The van der Waals surface area contributed by atoms with Gasteiger partial charge in [-0.05, 0) is 31.5 Å². The Morgan fingerprint density at radius 1 is 1.00 bits per heavy atom. The summed E-state index contributed by atoms with van der Waals surface area (Å²) in [7, 11) is 0. The minimum atomic E-state index is 0.0693. The zero-order valence-corrected chi connectivity index (χ0v) is 14.6. The lowest BCUT2D eigenvalue weighted by molar-refractivity contribution is -0.131. The number of piperazine rings is 1. The molecule has 5 nitrogen and oxygen atoms in total. The summed E-state index contributed by atoms with van der Waals surface area (Å²) in [4.78, 5) is 30.1. The van der Waals surface area contributed by atoms with Crippen molar-refractivity contribution in [3.05, 3.63) is 34.9 Å². The summed E-state index contributed by atoms with van der Waals surface area (Å²) in [5.41, 5.74) is 0.959. The van der Waals surface area contributed by atoms with Gasteiger partial charge in [0.25, 0.3) is 0 Å². The van der Waals surface area contributed by atoms with Crippen LogP contribution in [0.15, 0.2) is 24.3 Å². The molecule has 0 atom stereocenters. The van der Waals surface area contributed by atoms with Crippen molar-refractivity contribution >= 4 is 23.5 Å². The summed E-state index contributed by atoms with van der Waals surface area (Å²) in [6.07, 6.45) is 0.376. The van der Waals surface area contributed by atoms with Gasteiger partial charge in [0.1, 0.15) is 0 Å². The van der Waals surface area contributed by atoms with Gasteiger partial charge in [0.05, 0.1) is 6.42 Å². The molecule has 1 heterocycles. The molecule has 23 heavy (non-hydrogen) atoms. The molecule has 6 heteroatoms. The van der Waals surface area contributed by atoms with Gasteiger partial charge in [0.2, 0.25) is 5.91 Å². The Bertz CT molecular complexity index is 535. The number of benzene rings is 1. The van der Waals surface area contributed by atoms with Crippen LogP contribution in [-0.2, 0) is 11.2 Å². The van der Waals surface area contributed by atoms with Crippen LogP contribution in [0.2, 0.25) is 5.02 Å². The maximum atomic E-state index is 12.4. The molecule has 1 aliphatic heterocycles. The van der Waals surface area contributed by atoms with Crippen molar-refractivity contribution in [2.75, 3.05) is 39.3 Å². The van der Waals surface area contributed by atoms with Crippen molar-refractivity contribution in [2.45, 2.75) is 20.3 Å². The van der Waals surface area contributed by atoms with Crippen LogP contribution in [0.4, 0.5) is 4.79 Å². The quantitative estimate of drug-likeness (QED) is 0.847. The Kier molecular flexibility index (Phi) is 6.28. The van der Waals surface area contributed by atoms with Crippen LogP contribution < -0.4 is 0 Å². The second-order valence-electron chi connectivity index (χ2n) is 5.63. The molecule has 0 N–H and O–H groups in total. The number of nitrogens with zero attached hydrogens (tertiary/aromatic N) is 3. The van der Waals surface area contributed by atoms with Gasteiger partial charge in [-0.15, -0.1) is 0 Å². The maximum Gasteiger partial charge on any atom is 0.320 e. The predicted molar refractivity (Wildman–Crippen MR) is 91.6 cm³/mol. The number of urea groups is 1. The third-order valence-electron chi connectivity index (χ3n) is 4.21. The van der Waals surface area contributed by atoms with Crippen molar-refractivity contribution in [3.8, 4) is 0 Å². The van der Waals surface area contributed by atoms with Crippen LogP contribution in [0.3, 0.4) is 0 Å². The summed E-state index contributed by atoms with van der Waals surface area (Å²) in [6.45, 7) is 7.78. The molecule has 1 aromatic carbocycles. The Morgan fingerprint density at radius 2 is 1.52 bits per heavy atom. The standard InChI is InChI=1S/C17H24ClN3O2/c1-3-19(4-2)17(23)21-11-9-20(10-12-21)16(22)13-14-5-7-15(18)8-6-14/h5-8H,3-4,9-13H2,1-2H3. The predicted octanol–water partition coefficient (Wildman–Crippen LogP) is 2.49. The third-order valence-corrected chi connectivity index (χ3v) is 4.46. The fourth-order valence-electron chi connectivity index (χ4n) is 2.73. The number of halogens is 1. The number of carbonyl (C=O) groups is 2. The topological polar surface area (TPSA) is 43.9 Å². The van der Waals surface area contributed by atoms with Crippen molar-refractivity contribution in [1.82, 2.24) is 14.7 Å². The Hall–Kier alpha value is -1.75. The van der Waals surface area contributed by atoms with Crippen LogP contribution in [-0.4, -0.2) is 65.9 Å². The highest BCUT2D eigenvalue weighted by molar-refractivity contribution is 6.30. The number of hydrogen-bond acceptors (Lipinski definition) is 2. The van der Waals surface area contributed by atoms with Crippen molar-refractivity contribution in [1.29, 1.82) is 0 Å². The van der Waals surface area contributed by atoms with Gasteiger partial charge in [-0.2, -0.15) is 0 Å². The van der Waals surface area contributed by atoms with E-state index in [2.05, 4.69) is 0 Å². The molecule has 0 spiro atoms. The van der Waals surface area contributed by atoms with Crippen LogP contribution in [0.25, 0.3) is 0 Å².